The lowest BCUT2D eigenvalue weighted by molar-refractivity contribution is -0.128. The molecule has 29 heavy (non-hydrogen) atoms. The van der Waals surface area contributed by atoms with Crippen molar-refractivity contribution < 1.29 is 4.79 Å². The summed E-state index contributed by atoms with van der Waals surface area (Å²) >= 11 is 7.84. The van der Waals surface area contributed by atoms with Crippen molar-refractivity contribution in [1.82, 2.24) is 15.2 Å². The first kappa shape index (κ1) is 20.6. The topological polar surface area (TPSA) is 69.0 Å². The average molecular weight is 431 g/mol. The molecule has 1 saturated heterocycles. The van der Waals surface area contributed by atoms with Crippen LogP contribution in [-0.2, 0) is 4.79 Å². The molecule has 2 aromatic rings. The van der Waals surface area contributed by atoms with E-state index < -0.39 is 5.54 Å². The molecule has 1 saturated carbocycles. The van der Waals surface area contributed by atoms with Crippen molar-refractivity contribution in [1.29, 1.82) is 5.26 Å². The van der Waals surface area contributed by atoms with E-state index in [0.717, 1.165) is 68.6 Å². The highest BCUT2D eigenvalue weighted by atomic mass is 35.5. The van der Waals surface area contributed by atoms with Crippen molar-refractivity contribution in [3.05, 3.63) is 28.2 Å². The number of hydrogen-bond acceptors (Lipinski definition) is 5. The highest BCUT2D eigenvalue weighted by Crippen LogP contribution is 2.35. The predicted octanol–water partition coefficient (Wildman–Crippen LogP) is 4.86. The molecular weight excluding hydrogens is 404 g/mol. The Morgan fingerprint density at radius 2 is 2.07 bits per heavy atom. The highest BCUT2D eigenvalue weighted by molar-refractivity contribution is 7.18. The number of nitrogens with zero attached hydrogens (tertiary/aromatic N) is 3. The minimum atomic E-state index is -0.663. The lowest BCUT2D eigenvalue weighted by Gasteiger charge is -2.37. The number of thiazole rings is 1. The molecule has 7 heteroatoms. The van der Waals surface area contributed by atoms with Crippen molar-refractivity contribution in [3.63, 3.8) is 0 Å². The minimum absolute atomic E-state index is 0.0125. The van der Waals surface area contributed by atoms with E-state index in [9.17, 15) is 10.1 Å². The van der Waals surface area contributed by atoms with Crippen LogP contribution in [0.3, 0.4) is 0 Å². The second-order valence-electron chi connectivity index (χ2n) is 8.39. The van der Waals surface area contributed by atoms with Crippen LogP contribution in [0.4, 0.5) is 0 Å². The molecule has 2 aliphatic rings. The van der Waals surface area contributed by atoms with Gasteiger partial charge in [0.05, 0.1) is 27.3 Å². The molecule has 1 aromatic heterocycles. The quantitative estimate of drug-likeness (QED) is 0.751. The van der Waals surface area contributed by atoms with Gasteiger partial charge in [-0.05, 0) is 63.9 Å². The van der Waals surface area contributed by atoms with Gasteiger partial charge in [-0.2, -0.15) is 5.26 Å². The number of likely N-dealkylation sites (tertiary alicyclic amines) is 1. The Morgan fingerprint density at radius 3 is 2.76 bits per heavy atom. The molecule has 1 aromatic carbocycles. The number of benzene rings is 1. The van der Waals surface area contributed by atoms with E-state index in [-0.39, 0.29) is 11.9 Å². The third kappa shape index (κ3) is 4.42. The molecular formula is C22H27ClN4OS. The molecule has 1 atom stereocenters. The zero-order chi connectivity index (χ0) is 20.4. The Balaban J connectivity index is 1.35. The van der Waals surface area contributed by atoms with E-state index in [1.807, 2.05) is 25.1 Å². The summed E-state index contributed by atoms with van der Waals surface area (Å²) in [5, 5.41) is 14.6. The first-order valence-corrected chi connectivity index (χ1v) is 11.7. The van der Waals surface area contributed by atoms with Crippen LogP contribution in [0.15, 0.2) is 18.2 Å². The number of rotatable bonds is 4. The van der Waals surface area contributed by atoms with Crippen molar-refractivity contribution >= 4 is 39.1 Å². The van der Waals surface area contributed by atoms with Crippen LogP contribution < -0.4 is 5.32 Å². The molecule has 154 valence electrons. The summed E-state index contributed by atoms with van der Waals surface area (Å²) in [5.74, 6) is 0.419. The summed E-state index contributed by atoms with van der Waals surface area (Å²) in [4.78, 5) is 19.9. The van der Waals surface area contributed by atoms with E-state index in [1.54, 1.807) is 11.3 Å². The standard InChI is InChI=1S/C22H27ClN4OS/c1-15(20(28)26-22(14-24)9-3-2-4-10-22)27-11-7-16(8-12-27)21-25-18-13-17(23)5-6-19(18)29-21/h5-6,13,15-16H,2-4,7-12H2,1H3,(H,26,28). The molecule has 2 heterocycles. The Labute approximate surface area is 181 Å². The van der Waals surface area contributed by atoms with Gasteiger partial charge in [0, 0.05) is 10.9 Å². The van der Waals surface area contributed by atoms with Crippen LogP contribution in [0.1, 0.15) is 62.8 Å². The van der Waals surface area contributed by atoms with Crippen LogP contribution in [0, 0.1) is 11.3 Å². The molecule has 1 aliphatic heterocycles. The Bertz CT molecular complexity index is 923. The lowest BCUT2D eigenvalue weighted by atomic mass is 9.82. The van der Waals surface area contributed by atoms with E-state index >= 15 is 0 Å². The largest absolute Gasteiger partial charge is 0.336 e. The molecule has 1 unspecified atom stereocenters. The van der Waals surface area contributed by atoms with Gasteiger partial charge < -0.3 is 5.32 Å². The monoisotopic (exact) mass is 430 g/mol. The van der Waals surface area contributed by atoms with Crippen LogP contribution in [0.5, 0.6) is 0 Å². The summed E-state index contributed by atoms with van der Waals surface area (Å²) < 4.78 is 1.17. The maximum Gasteiger partial charge on any atom is 0.238 e. The van der Waals surface area contributed by atoms with Crippen LogP contribution in [0.2, 0.25) is 5.02 Å². The first-order valence-electron chi connectivity index (χ1n) is 10.5. The fraction of sp³-hybridized carbons (Fsp3) is 0.591. The number of carbonyl (C=O) groups excluding carboxylic acids is 1. The number of hydrogen-bond donors (Lipinski definition) is 1. The Hall–Kier alpha value is -1.68. The average Bonchev–Trinajstić information content (AvgIpc) is 3.17. The van der Waals surface area contributed by atoms with Gasteiger partial charge in [-0.25, -0.2) is 4.98 Å². The van der Waals surface area contributed by atoms with Gasteiger partial charge >= 0.3 is 0 Å². The summed E-state index contributed by atoms with van der Waals surface area (Å²) in [6, 6.07) is 8.05. The van der Waals surface area contributed by atoms with E-state index in [0.29, 0.717) is 5.92 Å². The molecule has 0 bridgehead atoms. The van der Waals surface area contributed by atoms with Crippen molar-refractivity contribution in [2.75, 3.05) is 13.1 Å². The third-order valence-corrected chi connectivity index (χ3v) is 7.89. The molecule has 4 rings (SSSR count). The second-order valence-corrected chi connectivity index (χ2v) is 9.89. The fourth-order valence-electron chi connectivity index (χ4n) is 4.55. The Kier molecular flexibility index (Phi) is 6.10. The summed E-state index contributed by atoms with van der Waals surface area (Å²) in [5.41, 5.74) is 0.312. The van der Waals surface area contributed by atoms with E-state index in [1.165, 1.54) is 9.71 Å². The molecule has 1 amide bonds. The zero-order valence-electron chi connectivity index (χ0n) is 16.8. The van der Waals surface area contributed by atoms with Gasteiger partial charge in [-0.3, -0.25) is 9.69 Å². The predicted molar refractivity (Wildman–Crippen MR) is 117 cm³/mol. The molecule has 0 spiro atoms. The second kappa shape index (κ2) is 8.59. The van der Waals surface area contributed by atoms with Gasteiger partial charge in [0.1, 0.15) is 5.54 Å². The first-order chi connectivity index (χ1) is 14.0. The van der Waals surface area contributed by atoms with Crippen LogP contribution in [0.25, 0.3) is 10.2 Å². The summed E-state index contributed by atoms with van der Waals surface area (Å²) in [6.07, 6.45) is 6.71. The zero-order valence-corrected chi connectivity index (χ0v) is 18.4. The molecule has 1 N–H and O–H groups in total. The number of aromatic nitrogens is 1. The number of nitrogens with one attached hydrogen (secondary N) is 1. The minimum Gasteiger partial charge on any atom is -0.336 e. The number of carbonyl (C=O) groups is 1. The smallest absolute Gasteiger partial charge is 0.238 e. The van der Waals surface area contributed by atoms with Gasteiger partial charge in [-0.1, -0.05) is 30.9 Å². The molecule has 0 radical (unpaired) electrons. The van der Waals surface area contributed by atoms with Crippen LogP contribution >= 0.6 is 22.9 Å². The normalized spacial score (nSPS) is 21.6. The van der Waals surface area contributed by atoms with Crippen LogP contribution in [-0.4, -0.2) is 40.5 Å². The van der Waals surface area contributed by atoms with Gasteiger partial charge in [0.2, 0.25) is 5.91 Å². The molecule has 2 fully saturated rings. The summed E-state index contributed by atoms with van der Waals surface area (Å²) in [6.45, 7) is 3.70. The SMILES string of the molecule is CC(C(=O)NC1(C#N)CCCCC1)N1CCC(c2nc3cc(Cl)ccc3s2)CC1. The number of amides is 1. The maximum absolute atomic E-state index is 12.8. The Morgan fingerprint density at radius 1 is 1.34 bits per heavy atom. The number of halogens is 1. The van der Waals surface area contributed by atoms with Crippen molar-refractivity contribution in [2.45, 2.75) is 69.4 Å². The van der Waals surface area contributed by atoms with Gasteiger partial charge in [0.15, 0.2) is 0 Å². The van der Waals surface area contributed by atoms with Crippen molar-refractivity contribution in [3.8, 4) is 6.07 Å². The molecule has 1 aliphatic carbocycles. The fourth-order valence-corrected chi connectivity index (χ4v) is 5.84. The lowest BCUT2D eigenvalue weighted by Crippen LogP contribution is -2.55. The third-order valence-electron chi connectivity index (χ3n) is 6.46. The van der Waals surface area contributed by atoms with Gasteiger partial charge in [-0.15, -0.1) is 11.3 Å². The highest BCUT2D eigenvalue weighted by Gasteiger charge is 2.36. The van der Waals surface area contributed by atoms with Gasteiger partial charge in [0.25, 0.3) is 0 Å². The maximum atomic E-state index is 12.8. The number of piperidine rings is 1. The number of nitriles is 1. The van der Waals surface area contributed by atoms with E-state index in [2.05, 4.69) is 16.3 Å². The summed E-state index contributed by atoms with van der Waals surface area (Å²) in [7, 11) is 0. The molecule has 5 nitrogen and oxygen atoms in total. The number of fused-ring (bicyclic) bond motifs is 1. The van der Waals surface area contributed by atoms with E-state index in [4.69, 9.17) is 16.6 Å². The van der Waals surface area contributed by atoms with Crippen molar-refractivity contribution in [2.24, 2.45) is 0 Å².